The van der Waals surface area contributed by atoms with Crippen molar-refractivity contribution >= 4 is 17.9 Å². The lowest BCUT2D eigenvalue weighted by molar-refractivity contribution is -0.167. The fourth-order valence-corrected chi connectivity index (χ4v) is 9.97. The molecule has 0 aromatic heterocycles. The maximum Gasteiger partial charge on any atom is 0.306 e. The Balaban J connectivity index is 4.30. The van der Waals surface area contributed by atoms with Crippen LogP contribution < -0.4 is 0 Å². The third kappa shape index (κ3) is 65.4. The Morgan fingerprint density at radius 3 is 0.775 bits per heavy atom. The van der Waals surface area contributed by atoms with Crippen LogP contribution in [-0.2, 0) is 28.6 Å². The fourth-order valence-electron chi connectivity index (χ4n) is 9.97. The van der Waals surface area contributed by atoms with E-state index in [4.69, 9.17) is 14.2 Å². The molecule has 0 aliphatic heterocycles. The van der Waals surface area contributed by atoms with Crippen LogP contribution in [0.4, 0.5) is 0 Å². The lowest BCUT2D eigenvalue weighted by atomic mass is 10.0. The first kappa shape index (κ1) is 76.6. The van der Waals surface area contributed by atoms with Crippen molar-refractivity contribution in [3.8, 4) is 0 Å². The monoisotopic (exact) mass is 1110 g/mol. The molecule has 0 heterocycles. The number of carbonyl (C=O) groups excluding carboxylic acids is 3. The first-order valence-corrected chi connectivity index (χ1v) is 34.6. The maximum absolute atomic E-state index is 12.9. The van der Waals surface area contributed by atoms with Crippen molar-refractivity contribution in [1.29, 1.82) is 0 Å². The Morgan fingerprint density at radius 2 is 0.487 bits per heavy atom. The second-order valence-corrected chi connectivity index (χ2v) is 23.1. The van der Waals surface area contributed by atoms with E-state index in [1.54, 1.807) is 0 Å². The molecule has 0 N–H and O–H groups in total. The minimum Gasteiger partial charge on any atom is -0.462 e. The highest BCUT2D eigenvalue weighted by Crippen LogP contribution is 2.17. The van der Waals surface area contributed by atoms with E-state index < -0.39 is 6.10 Å². The summed E-state index contributed by atoms with van der Waals surface area (Å²) in [4.78, 5) is 38.4. The molecule has 1 atom stereocenters. The van der Waals surface area contributed by atoms with Crippen LogP contribution in [0.3, 0.4) is 0 Å². The molecule has 80 heavy (non-hydrogen) atoms. The minimum absolute atomic E-state index is 0.0750. The molecule has 462 valence electrons. The van der Waals surface area contributed by atoms with Crippen LogP contribution in [0, 0.1) is 0 Å². The number of unbranched alkanes of at least 4 members (excludes halogenated alkanes) is 38. The van der Waals surface area contributed by atoms with Gasteiger partial charge < -0.3 is 14.2 Å². The summed E-state index contributed by atoms with van der Waals surface area (Å²) >= 11 is 0. The molecular weight excluding hydrogens is 985 g/mol. The van der Waals surface area contributed by atoms with E-state index in [1.807, 2.05) is 0 Å². The quantitative estimate of drug-likeness (QED) is 0.0261. The molecule has 6 heteroatoms. The van der Waals surface area contributed by atoms with E-state index in [2.05, 4.69) is 106 Å². The first-order chi connectivity index (χ1) is 39.5. The number of allylic oxidation sites excluding steroid dienone is 14. The average Bonchev–Trinajstić information content (AvgIpc) is 3.46. The molecule has 0 radical (unpaired) electrons. The Bertz CT molecular complexity index is 1520. The van der Waals surface area contributed by atoms with Gasteiger partial charge in [-0.25, -0.2) is 0 Å². The van der Waals surface area contributed by atoms with Crippen LogP contribution in [-0.4, -0.2) is 37.2 Å². The molecule has 0 rings (SSSR count). The van der Waals surface area contributed by atoms with Gasteiger partial charge in [-0.2, -0.15) is 0 Å². The van der Waals surface area contributed by atoms with E-state index in [9.17, 15) is 14.4 Å². The molecule has 0 aromatic carbocycles. The van der Waals surface area contributed by atoms with Gasteiger partial charge >= 0.3 is 17.9 Å². The van der Waals surface area contributed by atoms with E-state index in [0.717, 1.165) is 96.3 Å². The van der Waals surface area contributed by atoms with E-state index in [1.165, 1.54) is 212 Å². The van der Waals surface area contributed by atoms with Gasteiger partial charge in [0.2, 0.25) is 0 Å². The second kappa shape index (κ2) is 68.1. The number of carbonyl (C=O) groups is 3. The molecule has 6 nitrogen and oxygen atoms in total. The zero-order chi connectivity index (χ0) is 57.8. The Hall–Kier alpha value is -3.41. The molecule has 0 bridgehead atoms. The van der Waals surface area contributed by atoms with Gasteiger partial charge in [0.05, 0.1) is 0 Å². The first-order valence-electron chi connectivity index (χ1n) is 34.6. The van der Waals surface area contributed by atoms with Gasteiger partial charge in [0, 0.05) is 19.3 Å². The van der Waals surface area contributed by atoms with Crippen LogP contribution in [0.15, 0.2) is 85.1 Å². The molecule has 1 unspecified atom stereocenters. The van der Waals surface area contributed by atoms with E-state index in [-0.39, 0.29) is 31.1 Å². The average molecular weight is 1120 g/mol. The lowest BCUT2D eigenvalue weighted by Crippen LogP contribution is -2.30. The summed E-state index contributed by atoms with van der Waals surface area (Å²) in [7, 11) is 0. The van der Waals surface area contributed by atoms with Crippen molar-refractivity contribution in [2.75, 3.05) is 13.2 Å². The predicted octanol–water partition coefficient (Wildman–Crippen LogP) is 23.8. The maximum atomic E-state index is 12.9. The molecule has 0 saturated heterocycles. The molecule has 0 aliphatic carbocycles. The molecule has 0 aromatic rings. The van der Waals surface area contributed by atoms with E-state index in [0.29, 0.717) is 19.3 Å². The zero-order valence-electron chi connectivity index (χ0n) is 53.1. The highest BCUT2D eigenvalue weighted by molar-refractivity contribution is 5.71. The topological polar surface area (TPSA) is 78.9 Å². The molecule has 0 aliphatic rings. The Morgan fingerprint density at radius 1 is 0.263 bits per heavy atom. The van der Waals surface area contributed by atoms with Crippen LogP contribution in [0.5, 0.6) is 0 Å². The second-order valence-electron chi connectivity index (χ2n) is 23.1. The SMILES string of the molecule is CC/C=C\C/C=C\C/C=C\C/C=C\C/C=C\C/C=C\CCCCCCCCCCCCC(=O)OCC(COC(=O)CCCCCCCCCCCCCCCCC)OC(=O)CCCCCCCCC/C=C\CCCCCCCCC. The molecule has 0 amide bonds. The van der Waals surface area contributed by atoms with Crippen molar-refractivity contribution < 1.29 is 28.6 Å². The van der Waals surface area contributed by atoms with Gasteiger partial charge in [-0.05, 0) is 96.3 Å². The predicted molar refractivity (Wildman–Crippen MR) is 348 cm³/mol. The van der Waals surface area contributed by atoms with Crippen molar-refractivity contribution in [2.45, 2.75) is 354 Å². The highest BCUT2D eigenvalue weighted by atomic mass is 16.6. The van der Waals surface area contributed by atoms with Crippen LogP contribution in [0.2, 0.25) is 0 Å². The molecule has 0 saturated carbocycles. The van der Waals surface area contributed by atoms with Crippen LogP contribution in [0.25, 0.3) is 0 Å². The number of rotatable bonds is 63. The number of ether oxygens (including phenoxy) is 3. The van der Waals surface area contributed by atoms with Gasteiger partial charge in [-0.1, -0.05) is 318 Å². The molecule has 0 fully saturated rings. The Labute approximate surface area is 496 Å². The van der Waals surface area contributed by atoms with Crippen molar-refractivity contribution in [2.24, 2.45) is 0 Å². The van der Waals surface area contributed by atoms with Gasteiger partial charge in [0.15, 0.2) is 6.10 Å². The summed E-state index contributed by atoms with van der Waals surface area (Å²) in [6, 6.07) is 0. The van der Waals surface area contributed by atoms with E-state index >= 15 is 0 Å². The lowest BCUT2D eigenvalue weighted by Gasteiger charge is -2.18. The summed E-state index contributed by atoms with van der Waals surface area (Å²) in [6.45, 7) is 6.57. The summed E-state index contributed by atoms with van der Waals surface area (Å²) in [5.41, 5.74) is 0. The fraction of sp³-hybridized carbons (Fsp3) is 0.770. The summed E-state index contributed by atoms with van der Waals surface area (Å²) in [6.07, 6.45) is 90.2. The zero-order valence-corrected chi connectivity index (χ0v) is 53.1. The standard InChI is InChI=1S/C74H130O6/c1-4-7-10-13-16-19-22-25-28-30-32-33-34-35-36-37-38-39-40-41-42-44-46-49-52-55-58-61-64-67-73(76)79-70-71(69-78-72(75)66-63-60-57-54-51-48-45-27-24-21-18-15-12-9-6-3)80-74(77)68-65-62-59-56-53-50-47-43-31-29-26-23-20-17-14-11-8-5-2/h7,10,16,19,25,28-29,31-33,35-36,38-39,71H,4-6,8-9,11-15,17-18,20-24,26-27,30,34,37,40-70H2,1-3H3/b10-7-,19-16-,28-25-,31-29-,33-32-,36-35-,39-38-. The van der Waals surface area contributed by atoms with Crippen LogP contribution in [0.1, 0.15) is 348 Å². The number of hydrogen-bond acceptors (Lipinski definition) is 6. The van der Waals surface area contributed by atoms with Crippen LogP contribution >= 0.6 is 0 Å². The third-order valence-corrected chi connectivity index (χ3v) is 15.1. The van der Waals surface area contributed by atoms with Gasteiger partial charge in [0.1, 0.15) is 13.2 Å². The Kier molecular flexibility index (Phi) is 65.2. The largest absolute Gasteiger partial charge is 0.462 e. The third-order valence-electron chi connectivity index (χ3n) is 15.1. The van der Waals surface area contributed by atoms with Crippen molar-refractivity contribution in [1.82, 2.24) is 0 Å². The summed E-state index contributed by atoms with van der Waals surface area (Å²) in [5.74, 6) is -0.865. The van der Waals surface area contributed by atoms with Gasteiger partial charge in [-0.15, -0.1) is 0 Å². The highest BCUT2D eigenvalue weighted by Gasteiger charge is 2.19. The smallest absolute Gasteiger partial charge is 0.306 e. The number of esters is 3. The summed E-state index contributed by atoms with van der Waals surface area (Å²) < 4.78 is 17.0. The molecule has 0 spiro atoms. The van der Waals surface area contributed by atoms with Gasteiger partial charge in [-0.3, -0.25) is 14.4 Å². The molecular formula is C74H130O6. The normalized spacial score (nSPS) is 12.6. The van der Waals surface area contributed by atoms with Crippen molar-refractivity contribution in [3.63, 3.8) is 0 Å². The number of hydrogen-bond donors (Lipinski definition) is 0. The summed E-state index contributed by atoms with van der Waals surface area (Å²) in [5, 5.41) is 0. The van der Waals surface area contributed by atoms with Crippen molar-refractivity contribution in [3.05, 3.63) is 85.1 Å². The van der Waals surface area contributed by atoms with Gasteiger partial charge in [0.25, 0.3) is 0 Å². The minimum atomic E-state index is -0.780.